The molecule has 1 aliphatic rings. The van der Waals surface area contributed by atoms with Crippen molar-refractivity contribution in [2.24, 2.45) is 4.99 Å². The second kappa shape index (κ2) is 9.19. The number of nitrogens with zero attached hydrogens (tertiary/aromatic N) is 2. The van der Waals surface area contributed by atoms with Crippen molar-refractivity contribution in [3.8, 4) is 0 Å². The third kappa shape index (κ3) is 5.43. The molecule has 0 aromatic heterocycles. The predicted molar refractivity (Wildman–Crippen MR) is 111 cm³/mol. The van der Waals surface area contributed by atoms with Crippen molar-refractivity contribution in [2.75, 3.05) is 32.5 Å². The molecule has 0 radical (unpaired) electrons. The smallest absolute Gasteiger partial charge is 0.0580 e. The minimum absolute atomic E-state index is 0.500. The molecule has 0 saturated carbocycles. The number of hydrogen-bond acceptors (Lipinski definition) is 3. The first-order valence-electron chi connectivity index (χ1n) is 9.68. The number of para-hydroxylation sites is 1. The van der Waals surface area contributed by atoms with Gasteiger partial charge >= 0.3 is 0 Å². The number of allylic oxidation sites excluding steroid dienone is 2. The van der Waals surface area contributed by atoms with Crippen LogP contribution in [-0.4, -0.2) is 37.8 Å². The Morgan fingerprint density at radius 1 is 1.08 bits per heavy atom. The average Bonchev–Trinajstić information content (AvgIpc) is 2.55. The number of benzene rings is 1. The van der Waals surface area contributed by atoms with E-state index in [1.54, 1.807) is 0 Å². The lowest BCUT2D eigenvalue weighted by Crippen LogP contribution is -2.20. The Bertz CT molecular complexity index is 598. The highest BCUT2D eigenvalue weighted by molar-refractivity contribution is 6.03. The van der Waals surface area contributed by atoms with Crippen molar-refractivity contribution < 1.29 is 0 Å². The van der Waals surface area contributed by atoms with Gasteiger partial charge in [-0.05, 0) is 56.3 Å². The molecule has 1 aromatic carbocycles. The maximum atomic E-state index is 4.89. The number of rotatable bonds is 7. The summed E-state index contributed by atoms with van der Waals surface area (Å²) < 4.78 is 0. The highest BCUT2D eigenvalue weighted by Crippen LogP contribution is 2.34. The molecule has 0 saturated heterocycles. The van der Waals surface area contributed by atoms with Crippen molar-refractivity contribution in [3.05, 3.63) is 41.1 Å². The average molecular weight is 342 g/mol. The lowest BCUT2D eigenvalue weighted by atomic mass is 9.92. The van der Waals surface area contributed by atoms with Gasteiger partial charge in [-0.25, -0.2) is 0 Å². The van der Waals surface area contributed by atoms with Crippen LogP contribution in [0.5, 0.6) is 0 Å². The van der Waals surface area contributed by atoms with Crippen molar-refractivity contribution in [3.63, 3.8) is 0 Å². The van der Waals surface area contributed by atoms with Crippen molar-refractivity contribution in [1.29, 1.82) is 0 Å². The number of aliphatic imine (C=N–C) groups is 1. The lowest BCUT2D eigenvalue weighted by molar-refractivity contribution is 0.420. The summed E-state index contributed by atoms with van der Waals surface area (Å²) in [6.45, 7) is 10.9. The predicted octanol–water partition coefficient (Wildman–Crippen LogP) is 5.42. The first kappa shape index (κ1) is 19.7. The fraction of sp³-hybridized carbons (Fsp3) is 0.591. The van der Waals surface area contributed by atoms with E-state index in [1.165, 1.54) is 34.6 Å². The minimum atomic E-state index is 0.500. The van der Waals surface area contributed by atoms with Crippen LogP contribution < -0.4 is 5.32 Å². The van der Waals surface area contributed by atoms with E-state index in [0.29, 0.717) is 11.8 Å². The Kier molecular flexibility index (Phi) is 7.24. The molecule has 0 unspecified atom stereocenters. The first-order chi connectivity index (χ1) is 11.9. The van der Waals surface area contributed by atoms with E-state index in [2.05, 4.69) is 76.3 Å². The molecule has 1 aromatic rings. The Balaban J connectivity index is 2.31. The van der Waals surface area contributed by atoms with Gasteiger partial charge in [-0.3, -0.25) is 4.99 Å². The van der Waals surface area contributed by atoms with Crippen LogP contribution in [-0.2, 0) is 0 Å². The molecule has 0 heterocycles. The molecule has 1 aliphatic carbocycles. The summed E-state index contributed by atoms with van der Waals surface area (Å²) in [7, 11) is 4.20. The van der Waals surface area contributed by atoms with Crippen LogP contribution in [0.1, 0.15) is 69.9 Å². The standard InChI is InChI=1S/C22H35N3/c1-16(2)18-10-9-11-19(17(3)4)22(18)24-21-13-8-7-12-20(21)23-14-15-25(5)6/h9-11,13,16-17,24H,7-8,12,14-15H2,1-6H3. The highest BCUT2D eigenvalue weighted by Gasteiger charge is 2.18. The zero-order valence-corrected chi connectivity index (χ0v) is 16.9. The summed E-state index contributed by atoms with van der Waals surface area (Å²) in [6, 6.07) is 6.70. The molecule has 0 spiro atoms. The van der Waals surface area contributed by atoms with Crippen LogP contribution in [0.3, 0.4) is 0 Å². The van der Waals surface area contributed by atoms with Gasteiger partial charge in [0.05, 0.1) is 18.0 Å². The molecule has 2 rings (SSSR count). The van der Waals surface area contributed by atoms with E-state index in [-0.39, 0.29) is 0 Å². The van der Waals surface area contributed by atoms with Gasteiger partial charge in [0.2, 0.25) is 0 Å². The molecule has 3 heteroatoms. The minimum Gasteiger partial charge on any atom is -0.354 e. The van der Waals surface area contributed by atoms with E-state index in [1.807, 2.05) is 0 Å². The van der Waals surface area contributed by atoms with E-state index >= 15 is 0 Å². The summed E-state index contributed by atoms with van der Waals surface area (Å²) in [4.78, 5) is 7.08. The SMILES string of the molecule is CC(C)c1cccc(C(C)C)c1NC1=CCCCC1=NCCN(C)C. The fourth-order valence-corrected chi connectivity index (χ4v) is 3.27. The molecular formula is C22H35N3. The molecule has 3 nitrogen and oxygen atoms in total. The summed E-state index contributed by atoms with van der Waals surface area (Å²) >= 11 is 0. The number of hydrogen-bond donors (Lipinski definition) is 1. The van der Waals surface area contributed by atoms with Crippen LogP contribution in [0.4, 0.5) is 5.69 Å². The maximum absolute atomic E-state index is 4.89. The summed E-state index contributed by atoms with van der Waals surface area (Å²) in [5, 5.41) is 3.79. The van der Waals surface area contributed by atoms with Gasteiger partial charge in [-0.2, -0.15) is 0 Å². The molecule has 0 amide bonds. The van der Waals surface area contributed by atoms with Gasteiger partial charge in [-0.1, -0.05) is 52.0 Å². The topological polar surface area (TPSA) is 27.6 Å². The second-order valence-electron chi connectivity index (χ2n) is 7.89. The third-order valence-corrected chi connectivity index (χ3v) is 4.76. The van der Waals surface area contributed by atoms with E-state index in [4.69, 9.17) is 4.99 Å². The van der Waals surface area contributed by atoms with Crippen LogP contribution in [0.15, 0.2) is 35.0 Å². The molecule has 25 heavy (non-hydrogen) atoms. The molecule has 0 fully saturated rings. The van der Waals surface area contributed by atoms with Gasteiger partial charge in [-0.15, -0.1) is 0 Å². The molecule has 1 N–H and O–H groups in total. The number of nitrogens with one attached hydrogen (secondary N) is 1. The zero-order valence-electron chi connectivity index (χ0n) is 16.9. The summed E-state index contributed by atoms with van der Waals surface area (Å²) in [5.74, 6) is 0.999. The van der Waals surface area contributed by atoms with Gasteiger partial charge < -0.3 is 10.2 Å². The van der Waals surface area contributed by atoms with Gasteiger partial charge in [0, 0.05) is 12.2 Å². The third-order valence-electron chi connectivity index (χ3n) is 4.76. The van der Waals surface area contributed by atoms with Crippen LogP contribution >= 0.6 is 0 Å². The Morgan fingerprint density at radius 3 is 2.28 bits per heavy atom. The second-order valence-corrected chi connectivity index (χ2v) is 7.89. The Morgan fingerprint density at radius 2 is 1.72 bits per heavy atom. The molecular weight excluding hydrogens is 306 g/mol. The van der Waals surface area contributed by atoms with Gasteiger partial charge in [0.1, 0.15) is 0 Å². The van der Waals surface area contributed by atoms with Crippen molar-refractivity contribution >= 4 is 11.4 Å². The van der Waals surface area contributed by atoms with Gasteiger partial charge in [0.25, 0.3) is 0 Å². The van der Waals surface area contributed by atoms with E-state index in [0.717, 1.165) is 25.9 Å². The monoisotopic (exact) mass is 341 g/mol. The van der Waals surface area contributed by atoms with Crippen molar-refractivity contribution in [2.45, 2.75) is 58.8 Å². The Labute approximate surface area is 154 Å². The van der Waals surface area contributed by atoms with E-state index in [9.17, 15) is 0 Å². The highest BCUT2D eigenvalue weighted by atomic mass is 15.1. The summed E-state index contributed by atoms with van der Waals surface area (Å²) in [5.41, 5.74) is 6.54. The van der Waals surface area contributed by atoms with E-state index < -0.39 is 0 Å². The molecule has 0 aliphatic heterocycles. The first-order valence-corrected chi connectivity index (χ1v) is 9.68. The van der Waals surface area contributed by atoms with Crippen LogP contribution in [0.2, 0.25) is 0 Å². The largest absolute Gasteiger partial charge is 0.354 e. The quantitative estimate of drug-likeness (QED) is 0.717. The zero-order chi connectivity index (χ0) is 18.4. The van der Waals surface area contributed by atoms with Crippen LogP contribution in [0, 0.1) is 0 Å². The lowest BCUT2D eigenvalue weighted by Gasteiger charge is -2.24. The number of anilines is 1. The molecule has 0 bridgehead atoms. The molecule has 0 atom stereocenters. The Hall–Kier alpha value is -1.61. The molecule has 138 valence electrons. The normalized spacial score (nSPS) is 16.8. The van der Waals surface area contributed by atoms with Crippen LogP contribution in [0.25, 0.3) is 0 Å². The fourth-order valence-electron chi connectivity index (χ4n) is 3.27. The van der Waals surface area contributed by atoms with Gasteiger partial charge in [0.15, 0.2) is 0 Å². The summed E-state index contributed by atoms with van der Waals surface area (Å²) in [6.07, 6.45) is 5.75. The van der Waals surface area contributed by atoms with Crippen molar-refractivity contribution in [1.82, 2.24) is 4.90 Å². The number of likely N-dealkylation sites (N-methyl/N-ethyl adjacent to an activating group) is 1. The maximum Gasteiger partial charge on any atom is 0.0580 e.